The summed E-state index contributed by atoms with van der Waals surface area (Å²) in [5.41, 5.74) is 1.67. The smallest absolute Gasteiger partial charge is 0.327 e. The second kappa shape index (κ2) is 8.30. The number of thiophene rings is 1. The Labute approximate surface area is 158 Å². The molecule has 1 aromatic carbocycles. The predicted molar refractivity (Wildman–Crippen MR) is 101 cm³/mol. The van der Waals surface area contributed by atoms with Crippen LogP contribution >= 0.6 is 11.3 Å². The van der Waals surface area contributed by atoms with Crippen molar-refractivity contribution in [2.45, 2.75) is 11.8 Å². The number of benzene rings is 1. The third-order valence-electron chi connectivity index (χ3n) is 4.51. The third kappa shape index (κ3) is 4.32. The minimum Gasteiger partial charge on any atom is -0.468 e. The molecule has 26 heavy (non-hydrogen) atoms. The van der Waals surface area contributed by atoms with Gasteiger partial charge in [-0.1, -0.05) is 30.3 Å². The van der Waals surface area contributed by atoms with E-state index in [-0.39, 0.29) is 11.7 Å². The molecule has 2 aromatic rings. The lowest BCUT2D eigenvalue weighted by Crippen LogP contribution is -2.51. The van der Waals surface area contributed by atoms with Gasteiger partial charge in [0.05, 0.1) is 12.9 Å². The number of rotatable bonds is 6. The summed E-state index contributed by atoms with van der Waals surface area (Å²) in [5, 5.41) is 3.85. The minimum atomic E-state index is -3.37. The Morgan fingerprint density at radius 3 is 2.42 bits per heavy atom. The summed E-state index contributed by atoms with van der Waals surface area (Å²) in [4.78, 5) is 14.2. The van der Waals surface area contributed by atoms with E-state index < -0.39 is 16.1 Å². The number of nitrogens with zero attached hydrogens (tertiary/aromatic N) is 2. The lowest BCUT2D eigenvalue weighted by atomic mass is 10.1. The summed E-state index contributed by atoms with van der Waals surface area (Å²) in [6.45, 7) is 1.72. The third-order valence-corrected chi connectivity index (χ3v) is 7.06. The lowest BCUT2D eigenvalue weighted by Gasteiger charge is -2.37. The fraction of sp³-hybridized carbons (Fsp3) is 0.389. The van der Waals surface area contributed by atoms with Crippen LogP contribution in [0.3, 0.4) is 0 Å². The van der Waals surface area contributed by atoms with Crippen LogP contribution in [0.1, 0.15) is 17.2 Å². The van der Waals surface area contributed by atoms with Crippen molar-refractivity contribution < 1.29 is 17.9 Å². The minimum absolute atomic E-state index is 0.00119. The zero-order chi connectivity index (χ0) is 18.6. The first-order valence-electron chi connectivity index (χ1n) is 8.37. The summed E-state index contributed by atoms with van der Waals surface area (Å²) in [6, 6.07) is 10.6. The van der Waals surface area contributed by atoms with Gasteiger partial charge in [0.25, 0.3) is 0 Å². The largest absolute Gasteiger partial charge is 0.468 e. The molecule has 0 amide bonds. The van der Waals surface area contributed by atoms with E-state index in [1.54, 1.807) is 0 Å². The Morgan fingerprint density at radius 1 is 1.15 bits per heavy atom. The summed E-state index contributed by atoms with van der Waals surface area (Å²) < 4.78 is 31.8. The molecule has 0 bridgehead atoms. The highest BCUT2D eigenvalue weighted by molar-refractivity contribution is 7.88. The van der Waals surface area contributed by atoms with Crippen molar-refractivity contribution in [2.24, 2.45) is 0 Å². The highest BCUT2D eigenvalue weighted by Crippen LogP contribution is 2.26. The molecule has 1 atom stereocenters. The van der Waals surface area contributed by atoms with Crippen molar-refractivity contribution in [1.29, 1.82) is 0 Å². The zero-order valence-corrected chi connectivity index (χ0v) is 16.2. The number of piperazine rings is 1. The molecule has 140 valence electrons. The molecule has 1 fully saturated rings. The van der Waals surface area contributed by atoms with Gasteiger partial charge >= 0.3 is 5.97 Å². The van der Waals surface area contributed by atoms with Gasteiger partial charge in [0.2, 0.25) is 10.0 Å². The topological polar surface area (TPSA) is 66.9 Å². The molecule has 1 aliphatic rings. The number of carbonyl (C=O) groups excluding carboxylic acids is 1. The molecule has 0 saturated carbocycles. The van der Waals surface area contributed by atoms with Crippen molar-refractivity contribution in [3.63, 3.8) is 0 Å². The average molecular weight is 395 g/mol. The predicted octanol–water partition coefficient (Wildman–Crippen LogP) is 2.11. The van der Waals surface area contributed by atoms with Gasteiger partial charge in [-0.05, 0) is 28.0 Å². The number of ether oxygens (including phenoxy) is 1. The molecule has 0 spiro atoms. The SMILES string of the molecule is COC(=O)C(c1ccsc1)N1CCN(S(=O)(=O)Cc2ccccc2)CC1. The second-order valence-corrected chi connectivity index (χ2v) is 8.91. The number of esters is 1. The average Bonchev–Trinajstić information content (AvgIpc) is 3.17. The van der Waals surface area contributed by atoms with E-state index in [4.69, 9.17) is 4.74 Å². The first kappa shape index (κ1) is 19.0. The molecule has 3 rings (SSSR count). The molecule has 6 nitrogen and oxygen atoms in total. The van der Waals surface area contributed by atoms with Crippen molar-refractivity contribution >= 4 is 27.3 Å². The van der Waals surface area contributed by atoms with Crippen LogP contribution in [0.2, 0.25) is 0 Å². The van der Waals surface area contributed by atoms with Gasteiger partial charge in [0.15, 0.2) is 0 Å². The van der Waals surface area contributed by atoms with Crippen LogP contribution in [0, 0.1) is 0 Å². The number of carbonyl (C=O) groups is 1. The molecule has 8 heteroatoms. The van der Waals surface area contributed by atoms with Crippen molar-refractivity contribution in [1.82, 2.24) is 9.21 Å². The monoisotopic (exact) mass is 394 g/mol. The summed E-state index contributed by atoms with van der Waals surface area (Å²) in [7, 11) is -2.00. The van der Waals surface area contributed by atoms with Crippen molar-refractivity contribution in [2.75, 3.05) is 33.3 Å². The molecule has 0 radical (unpaired) electrons. The van der Waals surface area contributed by atoms with E-state index in [0.29, 0.717) is 26.2 Å². The van der Waals surface area contributed by atoms with Gasteiger partial charge in [-0.3, -0.25) is 4.90 Å². The molecule has 1 unspecified atom stereocenters. The van der Waals surface area contributed by atoms with Gasteiger partial charge < -0.3 is 4.74 Å². The van der Waals surface area contributed by atoms with Crippen LogP contribution in [-0.4, -0.2) is 56.9 Å². The normalized spacial score (nSPS) is 17.7. The molecular weight excluding hydrogens is 372 g/mol. The van der Waals surface area contributed by atoms with Crippen LogP contribution in [0.4, 0.5) is 0 Å². The number of methoxy groups -OCH3 is 1. The van der Waals surface area contributed by atoms with E-state index in [0.717, 1.165) is 11.1 Å². The first-order valence-corrected chi connectivity index (χ1v) is 10.9. The van der Waals surface area contributed by atoms with E-state index in [9.17, 15) is 13.2 Å². The summed E-state index contributed by atoms with van der Waals surface area (Å²) in [5.74, 6) is -0.317. The Morgan fingerprint density at radius 2 is 1.85 bits per heavy atom. The van der Waals surface area contributed by atoms with Gasteiger partial charge in [0.1, 0.15) is 6.04 Å². The van der Waals surface area contributed by atoms with Crippen LogP contribution in [0.25, 0.3) is 0 Å². The van der Waals surface area contributed by atoms with Crippen LogP contribution in [0.5, 0.6) is 0 Å². The maximum atomic E-state index is 12.7. The van der Waals surface area contributed by atoms with E-state index >= 15 is 0 Å². The van der Waals surface area contributed by atoms with E-state index in [1.165, 1.54) is 22.8 Å². The van der Waals surface area contributed by atoms with Crippen LogP contribution in [-0.2, 0) is 25.3 Å². The Kier molecular flexibility index (Phi) is 6.08. The van der Waals surface area contributed by atoms with Gasteiger partial charge in [-0.2, -0.15) is 15.6 Å². The van der Waals surface area contributed by atoms with Crippen LogP contribution in [0.15, 0.2) is 47.2 Å². The maximum absolute atomic E-state index is 12.7. The van der Waals surface area contributed by atoms with E-state index in [1.807, 2.05) is 52.1 Å². The van der Waals surface area contributed by atoms with Gasteiger partial charge in [0, 0.05) is 26.2 Å². The number of hydrogen-bond acceptors (Lipinski definition) is 6. The Balaban J connectivity index is 1.67. The Hall–Kier alpha value is -1.74. The molecule has 1 saturated heterocycles. The first-order chi connectivity index (χ1) is 12.5. The molecule has 1 aromatic heterocycles. The molecular formula is C18H22N2O4S2. The number of sulfonamides is 1. The van der Waals surface area contributed by atoms with Crippen LogP contribution < -0.4 is 0 Å². The lowest BCUT2D eigenvalue weighted by molar-refractivity contribution is -0.147. The van der Waals surface area contributed by atoms with Crippen molar-refractivity contribution in [3.8, 4) is 0 Å². The zero-order valence-electron chi connectivity index (χ0n) is 14.6. The second-order valence-electron chi connectivity index (χ2n) is 6.16. The highest BCUT2D eigenvalue weighted by atomic mass is 32.2. The molecule has 0 aliphatic carbocycles. The maximum Gasteiger partial charge on any atom is 0.327 e. The van der Waals surface area contributed by atoms with Crippen molar-refractivity contribution in [3.05, 3.63) is 58.3 Å². The molecule has 1 aliphatic heterocycles. The quantitative estimate of drug-likeness (QED) is 0.702. The molecule has 2 heterocycles. The summed E-state index contributed by atoms with van der Waals surface area (Å²) >= 11 is 1.53. The fourth-order valence-corrected chi connectivity index (χ4v) is 5.35. The van der Waals surface area contributed by atoms with Gasteiger partial charge in [-0.25, -0.2) is 13.2 Å². The highest BCUT2D eigenvalue weighted by Gasteiger charge is 2.34. The fourth-order valence-electron chi connectivity index (χ4n) is 3.15. The van der Waals surface area contributed by atoms with E-state index in [2.05, 4.69) is 0 Å². The standard InChI is InChI=1S/C18H22N2O4S2/c1-24-18(21)17(16-7-12-25-13-16)19-8-10-20(11-9-19)26(22,23)14-15-5-3-2-4-6-15/h2-7,12-13,17H,8-11,14H2,1H3. The Bertz CT molecular complexity index is 814. The number of hydrogen-bond donors (Lipinski definition) is 0. The summed E-state index contributed by atoms with van der Waals surface area (Å²) in [6.07, 6.45) is 0. The van der Waals surface area contributed by atoms with Gasteiger partial charge in [-0.15, -0.1) is 0 Å². The molecule has 0 N–H and O–H groups in total.